The maximum atomic E-state index is 12.2. The number of carbonyl (C=O) groups excluding carboxylic acids is 1. The first-order chi connectivity index (χ1) is 9.63. The lowest BCUT2D eigenvalue weighted by molar-refractivity contribution is 0.0977. The van der Waals surface area contributed by atoms with Gasteiger partial charge in [0.2, 0.25) is 0 Å². The van der Waals surface area contributed by atoms with Crippen LogP contribution in [0, 0.1) is 6.92 Å². The minimum Gasteiger partial charge on any atom is -0.361 e. The molecule has 0 radical (unpaired) electrons. The molecule has 0 atom stereocenters. The number of hydrogen-bond acceptors (Lipinski definition) is 2. The van der Waals surface area contributed by atoms with Crippen LogP contribution >= 0.6 is 0 Å². The molecule has 0 unspecified atom stereocenters. The summed E-state index contributed by atoms with van der Waals surface area (Å²) in [5.74, 6) is 0.282. The summed E-state index contributed by atoms with van der Waals surface area (Å²) in [5.41, 5.74) is 2.34. The molecule has 0 aliphatic carbocycles. The van der Waals surface area contributed by atoms with Crippen molar-refractivity contribution in [1.29, 1.82) is 0 Å². The molecule has 1 amide bonds. The molecule has 0 aromatic carbocycles. The molecule has 20 heavy (non-hydrogen) atoms. The van der Waals surface area contributed by atoms with Crippen molar-refractivity contribution < 1.29 is 4.79 Å². The van der Waals surface area contributed by atoms with Crippen molar-refractivity contribution in [3.8, 4) is 0 Å². The summed E-state index contributed by atoms with van der Waals surface area (Å²) >= 11 is 0. The summed E-state index contributed by atoms with van der Waals surface area (Å²) in [6.45, 7) is 9.08. The van der Waals surface area contributed by atoms with Gasteiger partial charge < -0.3 is 10.3 Å². The SMILES string of the molecule is C=C/C=C\C(=NC)NC(=O)c1c[nH]c(/C=C\C=C)c1C. The Bertz CT molecular complexity index is 589. The first-order valence-corrected chi connectivity index (χ1v) is 6.18. The average molecular weight is 269 g/mol. The largest absolute Gasteiger partial charge is 0.361 e. The fraction of sp³-hybridized carbons (Fsp3) is 0.125. The number of hydrogen-bond donors (Lipinski definition) is 2. The number of amides is 1. The number of amidine groups is 1. The second-order valence-electron chi connectivity index (χ2n) is 3.99. The third kappa shape index (κ3) is 3.95. The number of H-pyrrole nitrogens is 1. The molecule has 2 N–H and O–H groups in total. The molecule has 1 aromatic rings. The predicted molar refractivity (Wildman–Crippen MR) is 84.9 cm³/mol. The van der Waals surface area contributed by atoms with E-state index in [9.17, 15) is 4.79 Å². The van der Waals surface area contributed by atoms with Crippen LogP contribution in [0.3, 0.4) is 0 Å². The van der Waals surface area contributed by atoms with Crippen LogP contribution in [0.1, 0.15) is 21.6 Å². The molecule has 1 heterocycles. The molecule has 104 valence electrons. The van der Waals surface area contributed by atoms with Crippen molar-refractivity contribution in [3.63, 3.8) is 0 Å². The molecule has 1 aromatic heterocycles. The Kier molecular flexibility index (Phi) is 5.97. The lowest BCUT2D eigenvalue weighted by Crippen LogP contribution is -2.29. The van der Waals surface area contributed by atoms with Gasteiger partial charge in [-0.15, -0.1) is 0 Å². The minimum absolute atomic E-state index is 0.202. The molecule has 4 nitrogen and oxygen atoms in total. The fourth-order valence-corrected chi connectivity index (χ4v) is 1.60. The van der Waals surface area contributed by atoms with Gasteiger partial charge in [0.15, 0.2) is 0 Å². The van der Waals surface area contributed by atoms with Crippen molar-refractivity contribution in [3.05, 3.63) is 66.6 Å². The third-order valence-electron chi connectivity index (χ3n) is 2.70. The number of aromatic nitrogens is 1. The number of allylic oxidation sites excluding steroid dienone is 4. The molecule has 0 spiro atoms. The van der Waals surface area contributed by atoms with Crippen LogP contribution in [0.2, 0.25) is 0 Å². The second-order valence-corrected chi connectivity index (χ2v) is 3.99. The van der Waals surface area contributed by atoms with Gasteiger partial charge in [-0.25, -0.2) is 0 Å². The Morgan fingerprint density at radius 2 is 2.05 bits per heavy atom. The molecular weight excluding hydrogens is 250 g/mol. The first kappa shape index (κ1) is 15.4. The number of rotatable bonds is 5. The standard InChI is InChI=1S/C16H19N3O/c1-5-7-9-14-12(3)13(11-18-14)16(20)19-15(17-4)10-8-6-2/h5-11,18H,1-2H2,3-4H3,(H,17,19,20)/b9-7-,10-8-. The second kappa shape index (κ2) is 7.74. The van der Waals surface area contributed by atoms with Crippen molar-refractivity contribution in [1.82, 2.24) is 10.3 Å². The van der Waals surface area contributed by atoms with Gasteiger partial charge in [-0.1, -0.05) is 37.5 Å². The summed E-state index contributed by atoms with van der Waals surface area (Å²) in [5, 5.41) is 2.74. The molecule has 0 aliphatic rings. The summed E-state index contributed by atoms with van der Waals surface area (Å²) < 4.78 is 0. The number of carbonyl (C=O) groups is 1. The average Bonchev–Trinajstić information content (AvgIpc) is 2.82. The molecule has 0 saturated heterocycles. The van der Waals surface area contributed by atoms with Crippen LogP contribution in [-0.2, 0) is 0 Å². The molecule has 0 fully saturated rings. The summed E-state index contributed by atoms with van der Waals surface area (Å²) in [6, 6.07) is 0. The maximum absolute atomic E-state index is 12.2. The highest BCUT2D eigenvalue weighted by atomic mass is 16.1. The van der Waals surface area contributed by atoms with E-state index in [1.807, 2.05) is 19.1 Å². The van der Waals surface area contributed by atoms with E-state index in [0.29, 0.717) is 11.4 Å². The van der Waals surface area contributed by atoms with E-state index in [0.717, 1.165) is 11.3 Å². The molecule has 0 aliphatic heterocycles. The Hall–Kier alpha value is -2.62. The van der Waals surface area contributed by atoms with E-state index in [1.54, 1.807) is 37.5 Å². The molecule has 1 rings (SSSR count). The third-order valence-corrected chi connectivity index (χ3v) is 2.70. The van der Waals surface area contributed by atoms with Gasteiger partial charge in [-0.2, -0.15) is 0 Å². The highest BCUT2D eigenvalue weighted by Gasteiger charge is 2.13. The van der Waals surface area contributed by atoms with Gasteiger partial charge in [-0.05, 0) is 24.6 Å². The Labute approximate surface area is 119 Å². The van der Waals surface area contributed by atoms with Gasteiger partial charge in [-0.3, -0.25) is 9.79 Å². The maximum Gasteiger partial charge on any atom is 0.258 e. The van der Waals surface area contributed by atoms with Gasteiger partial charge in [0.1, 0.15) is 5.84 Å². The van der Waals surface area contributed by atoms with Crippen LogP contribution in [0.15, 0.2) is 54.7 Å². The lowest BCUT2D eigenvalue weighted by Gasteiger charge is -2.04. The van der Waals surface area contributed by atoms with Crippen LogP contribution in [0.25, 0.3) is 6.08 Å². The van der Waals surface area contributed by atoms with Gasteiger partial charge in [0.05, 0.1) is 5.56 Å². The van der Waals surface area contributed by atoms with E-state index in [2.05, 4.69) is 28.5 Å². The Morgan fingerprint density at radius 3 is 2.65 bits per heavy atom. The molecule has 0 saturated carbocycles. The number of aromatic amines is 1. The van der Waals surface area contributed by atoms with E-state index < -0.39 is 0 Å². The monoisotopic (exact) mass is 269 g/mol. The number of nitrogens with one attached hydrogen (secondary N) is 2. The topological polar surface area (TPSA) is 57.2 Å². The molecule has 4 heteroatoms. The highest BCUT2D eigenvalue weighted by molar-refractivity contribution is 6.11. The number of aliphatic imine (C=N–C) groups is 1. The minimum atomic E-state index is -0.202. The Balaban J connectivity index is 2.90. The van der Waals surface area contributed by atoms with Crippen LogP contribution in [0.5, 0.6) is 0 Å². The zero-order valence-electron chi connectivity index (χ0n) is 11.8. The van der Waals surface area contributed by atoms with Crippen molar-refractivity contribution in [2.75, 3.05) is 7.05 Å². The van der Waals surface area contributed by atoms with E-state index in [-0.39, 0.29) is 5.91 Å². The van der Waals surface area contributed by atoms with Gasteiger partial charge in [0, 0.05) is 18.9 Å². The quantitative estimate of drug-likeness (QED) is 0.482. The fourth-order valence-electron chi connectivity index (χ4n) is 1.60. The predicted octanol–water partition coefficient (Wildman–Crippen LogP) is 3.02. The van der Waals surface area contributed by atoms with Crippen molar-refractivity contribution >= 4 is 17.8 Å². The lowest BCUT2D eigenvalue weighted by atomic mass is 10.1. The van der Waals surface area contributed by atoms with Gasteiger partial charge >= 0.3 is 0 Å². The highest BCUT2D eigenvalue weighted by Crippen LogP contribution is 2.14. The first-order valence-electron chi connectivity index (χ1n) is 6.18. The molecular formula is C16H19N3O. The number of nitrogens with zero attached hydrogens (tertiary/aromatic N) is 1. The molecule has 0 bridgehead atoms. The van der Waals surface area contributed by atoms with Crippen LogP contribution in [0.4, 0.5) is 0 Å². The summed E-state index contributed by atoms with van der Waals surface area (Å²) in [7, 11) is 1.62. The van der Waals surface area contributed by atoms with Crippen LogP contribution in [-0.4, -0.2) is 23.8 Å². The zero-order valence-corrected chi connectivity index (χ0v) is 11.8. The Morgan fingerprint density at radius 1 is 1.35 bits per heavy atom. The van der Waals surface area contributed by atoms with E-state index in [4.69, 9.17) is 0 Å². The van der Waals surface area contributed by atoms with Crippen molar-refractivity contribution in [2.24, 2.45) is 4.99 Å². The normalized spacial score (nSPS) is 12.0. The smallest absolute Gasteiger partial charge is 0.258 e. The van der Waals surface area contributed by atoms with E-state index >= 15 is 0 Å². The van der Waals surface area contributed by atoms with Gasteiger partial charge in [0.25, 0.3) is 5.91 Å². The summed E-state index contributed by atoms with van der Waals surface area (Å²) in [4.78, 5) is 19.2. The van der Waals surface area contributed by atoms with Crippen LogP contribution < -0.4 is 5.32 Å². The summed E-state index contributed by atoms with van der Waals surface area (Å²) in [6.07, 6.45) is 12.1. The van der Waals surface area contributed by atoms with Crippen molar-refractivity contribution in [2.45, 2.75) is 6.92 Å². The zero-order chi connectivity index (χ0) is 15.0. The van der Waals surface area contributed by atoms with E-state index in [1.165, 1.54) is 0 Å².